The summed E-state index contributed by atoms with van der Waals surface area (Å²) in [4.78, 5) is 11.5. The van der Waals surface area contributed by atoms with Crippen LogP contribution in [0, 0.1) is 11.2 Å². The second-order valence-electron chi connectivity index (χ2n) is 5.55. The Hall–Kier alpha value is -1.42. The molecule has 0 heterocycles. The first-order chi connectivity index (χ1) is 8.89. The maximum Gasteiger partial charge on any atom is 0.311 e. The van der Waals surface area contributed by atoms with Crippen LogP contribution in [-0.2, 0) is 16.1 Å². The second kappa shape index (κ2) is 7.24. The number of carbonyl (C=O) groups excluding carboxylic acids is 1. The number of ether oxygens (including phenoxy) is 1. The molecule has 0 fully saturated rings. The Labute approximate surface area is 114 Å². The van der Waals surface area contributed by atoms with Crippen molar-refractivity contribution in [1.29, 1.82) is 0 Å². The van der Waals surface area contributed by atoms with E-state index in [0.717, 1.165) is 18.5 Å². The molecule has 0 bridgehead atoms. The molecule has 0 saturated carbocycles. The summed E-state index contributed by atoms with van der Waals surface area (Å²) in [6, 6.07) is 6.50. The van der Waals surface area contributed by atoms with E-state index in [1.807, 2.05) is 26.8 Å². The molecule has 106 valence electrons. The van der Waals surface area contributed by atoms with Gasteiger partial charge in [0.2, 0.25) is 0 Å². The van der Waals surface area contributed by atoms with Gasteiger partial charge in [0.25, 0.3) is 0 Å². The van der Waals surface area contributed by atoms with Gasteiger partial charge in [-0.05, 0) is 51.4 Å². The number of carbonyl (C=O) groups is 1. The molecule has 0 atom stereocenters. The van der Waals surface area contributed by atoms with Crippen LogP contribution in [0.1, 0.15) is 32.8 Å². The summed E-state index contributed by atoms with van der Waals surface area (Å²) in [5.74, 6) is -0.406. The van der Waals surface area contributed by atoms with Gasteiger partial charge in [0.05, 0.1) is 12.0 Å². The van der Waals surface area contributed by atoms with Gasteiger partial charge < -0.3 is 10.1 Å². The van der Waals surface area contributed by atoms with Crippen molar-refractivity contribution in [3.05, 3.63) is 35.6 Å². The van der Waals surface area contributed by atoms with Crippen molar-refractivity contribution in [1.82, 2.24) is 5.32 Å². The Balaban J connectivity index is 2.11. The van der Waals surface area contributed by atoms with Crippen molar-refractivity contribution in [3.8, 4) is 0 Å². The lowest BCUT2D eigenvalue weighted by atomic mass is 9.97. The fourth-order valence-electron chi connectivity index (χ4n) is 1.46. The molecule has 0 spiro atoms. The number of esters is 1. The maximum atomic E-state index is 12.9. The van der Waals surface area contributed by atoms with Crippen molar-refractivity contribution in [2.75, 3.05) is 13.2 Å². The van der Waals surface area contributed by atoms with E-state index in [1.54, 1.807) is 6.07 Å². The highest BCUT2D eigenvalue weighted by Crippen LogP contribution is 2.14. The zero-order chi connectivity index (χ0) is 14.3. The van der Waals surface area contributed by atoms with Gasteiger partial charge >= 0.3 is 5.97 Å². The van der Waals surface area contributed by atoms with Crippen molar-refractivity contribution < 1.29 is 13.9 Å². The third-order valence-corrected chi connectivity index (χ3v) is 2.56. The fourth-order valence-corrected chi connectivity index (χ4v) is 1.46. The maximum absolute atomic E-state index is 12.9. The topological polar surface area (TPSA) is 38.3 Å². The molecule has 0 aromatic heterocycles. The molecule has 3 nitrogen and oxygen atoms in total. The molecule has 1 N–H and O–H groups in total. The number of benzene rings is 1. The summed E-state index contributed by atoms with van der Waals surface area (Å²) in [7, 11) is 0. The highest BCUT2D eigenvalue weighted by molar-refractivity contribution is 5.75. The van der Waals surface area contributed by atoms with Gasteiger partial charge in [-0.3, -0.25) is 4.79 Å². The van der Waals surface area contributed by atoms with Crippen LogP contribution >= 0.6 is 0 Å². The van der Waals surface area contributed by atoms with E-state index >= 15 is 0 Å². The van der Waals surface area contributed by atoms with E-state index < -0.39 is 5.41 Å². The van der Waals surface area contributed by atoms with E-state index in [0.29, 0.717) is 13.2 Å². The average Bonchev–Trinajstić information content (AvgIpc) is 2.32. The first-order valence-corrected chi connectivity index (χ1v) is 6.52. The molecule has 1 rings (SSSR count). The first-order valence-electron chi connectivity index (χ1n) is 6.52. The lowest BCUT2D eigenvalue weighted by Crippen LogP contribution is -2.24. The quantitative estimate of drug-likeness (QED) is 0.636. The molecule has 0 radical (unpaired) electrons. The van der Waals surface area contributed by atoms with Crippen LogP contribution in [0.2, 0.25) is 0 Å². The van der Waals surface area contributed by atoms with Crippen LogP contribution in [0.15, 0.2) is 24.3 Å². The smallest absolute Gasteiger partial charge is 0.311 e. The average molecular weight is 267 g/mol. The van der Waals surface area contributed by atoms with E-state index in [4.69, 9.17) is 4.74 Å². The number of nitrogens with one attached hydrogen (secondary N) is 1. The Morgan fingerprint density at radius 2 is 2.11 bits per heavy atom. The number of halogens is 1. The second-order valence-corrected chi connectivity index (χ2v) is 5.55. The molecule has 4 heteroatoms. The SMILES string of the molecule is CC(C)(C)C(=O)OCCCNCc1cccc(F)c1. The lowest BCUT2D eigenvalue weighted by Gasteiger charge is -2.16. The van der Waals surface area contributed by atoms with E-state index in [9.17, 15) is 9.18 Å². The van der Waals surface area contributed by atoms with Crippen molar-refractivity contribution in [2.45, 2.75) is 33.7 Å². The van der Waals surface area contributed by atoms with Gasteiger partial charge in [0, 0.05) is 6.54 Å². The third-order valence-electron chi connectivity index (χ3n) is 2.56. The van der Waals surface area contributed by atoms with Gasteiger partial charge in [0.15, 0.2) is 0 Å². The van der Waals surface area contributed by atoms with Gasteiger partial charge in [-0.1, -0.05) is 12.1 Å². The summed E-state index contributed by atoms with van der Waals surface area (Å²) in [5.41, 5.74) is 0.460. The Morgan fingerprint density at radius 1 is 1.37 bits per heavy atom. The lowest BCUT2D eigenvalue weighted by molar-refractivity contribution is -0.152. The monoisotopic (exact) mass is 267 g/mol. The zero-order valence-electron chi connectivity index (χ0n) is 11.8. The molecule has 0 amide bonds. The van der Waals surface area contributed by atoms with Crippen molar-refractivity contribution in [3.63, 3.8) is 0 Å². The predicted molar refractivity (Wildman–Crippen MR) is 73.1 cm³/mol. The number of rotatable bonds is 6. The molecule has 19 heavy (non-hydrogen) atoms. The minimum absolute atomic E-state index is 0.183. The Bertz CT molecular complexity index is 413. The normalized spacial score (nSPS) is 11.4. The molecular formula is C15H22FNO2. The molecule has 0 unspecified atom stereocenters. The largest absolute Gasteiger partial charge is 0.465 e. The summed E-state index contributed by atoms with van der Waals surface area (Å²) >= 11 is 0. The standard InChI is InChI=1S/C15H22FNO2/c1-15(2,3)14(18)19-9-5-8-17-11-12-6-4-7-13(16)10-12/h4,6-7,10,17H,5,8-9,11H2,1-3H3. The molecule has 0 aliphatic heterocycles. The van der Waals surface area contributed by atoms with E-state index in [2.05, 4.69) is 5.32 Å². The van der Waals surface area contributed by atoms with E-state index in [1.165, 1.54) is 12.1 Å². The molecular weight excluding hydrogens is 245 g/mol. The molecule has 0 aliphatic carbocycles. The van der Waals surface area contributed by atoms with Gasteiger partial charge in [-0.2, -0.15) is 0 Å². The zero-order valence-corrected chi connectivity index (χ0v) is 11.8. The van der Waals surface area contributed by atoms with Crippen LogP contribution in [0.3, 0.4) is 0 Å². The van der Waals surface area contributed by atoms with Crippen LogP contribution in [0.4, 0.5) is 4.39 Å². The molecule has 0 aliphatic rings. The third kappa shape index (κ3) is 6.34. The molecule has 1 aromatic rings. The summed E-state index contributed by atoms with van der Waals surface area (Å²) in [5, 5.41) is 3.18. The van der Waals surface area contributed by atoms with Gasteiger partial charge in [0.1, 0.15) is 5.82 Å². The summed E-state index contributed by atoms with van der Waals surface area (Å²) < 4.78 is 18.1. The highest BCUT2D eigenvalue weighted by atomic mass is 19.1. The Morgan fingerprint density at radius 3 is 2.74 bits per heavy atom. The number of hydrogen-bond acceptors (Lipinski definition) is 3. The van der Waals surface area contributed by atoms with Gasteiger partial charge in [-0.25, -0.2) is 4.39 Å². The van der Waals surface area contributed by atoms with Crippen molar-refractivity contribution >= 4 is 5.97 Å². The summed E-state index contributed by atoms with van der Waals surface area (Å²) in [6.07, 6.45) is 0.747. The minimum Gasteiger partial charge on any atom is -0.465 e. The van der Waals surface area contributed by atoms with Gasteiger partial charge in [-0.15, -0.1) is 0 Å². The summed E-state index contributed by atoms with van der Waals surface area (Å²) in [6.45, 7) is 7.25. The fraction of sp³-hybridized carbons (Fsp3) is 0.533. The minimum atomic E-state index is -0.449. The number of hydrogen-bond donors (Lipinski definition) is 1. The predicted octanol–water partition coefficient (Wildman–Crippen LogP) is 2.89. The first kappa shape index (κ1) is 15.6. The van der Waals surface area contributed by atoms with E-state index in [-0.39, 0.29) is 11.8 Å². The van der Waals surface area contributed by atoms with Crippen LogP contribution in [0.5, 0.6) is 0 Å². The van der Waals surface area contributed by atoms with Crippen LogP contribution in [-0.4, -0.2) is 19.1 Å². The van der Waals surface area contributed by atoms with Crippen LogP contribution < -0.4 is 5.32 Å². The molecule has 1 aromatic carbocycles. The van der Waals surface area contributed by atoms with Crippen molar-refractivity contribution in [2.24, 2.45) is 5.41 Å². The highest BCUT2D eigenvalue weighted by Gasteiger charge is 2.22. The Kier molecular flexibility index (Phi) is 5.96. The molecule has 0 saturated heterocycles. The van der Waals surface area contributed by atoms with Crippen LogP contribution in [0.25, 0.3) is 0 Å².